The summed E-state index contributed by atoms with van der Waals surface area (Å²) in [4.78, 5) is 17.2. The van der Waals surface area contributed by atoms with E-state index in [0.717, 1.165) is 9.79 Å². The Morgan fingerprint density at radius 2 is 2.16 bits per heavy atom. The Bertz CT molecular complexity index is 650. The Balaban J connectivity index is 2.33. The van der Waals surface area contributed by atoms with E-state index in [9.17, 15) is 4.79 Å². The van der Waals surface area contributed by atoms with Crippen molar-refractivity contribution in [2.75, 3.05) is 7.11 Å². The van der Waals surface area contributed by atoms with Crippen molar-refractivity contribution in [3.63, 3.8) is 0 Å². The lowest BCUT2D eigenvalue weighted by molar-refractivity contribution is 0.0597. The Labute approximate surface area is 115 Å². The first-order valence-electron chi connectivity index (χ1n) is 5.46. The van der Waals surface area contributed by atoms with Crippen LogP contribution in [0.4, 0.5) is 0 Å². The molecule has 0 aliphatic carbocycles. The molecule has 0 amide bonds. The second-order valence-corrected chi connectivity index (χ2v) is 4.69. The van der Waals surface area contributed by atoms with E-state index in [1.807, 2.05) is 18.2 Å². The van der Waals surface area contributed by atoms with E-state index in [2.05, 4.69) is 4.98 Å². The maximum Gasteiger partial charge on any atom is 0.339 e. The molecule has 0 saturated carbocycles. The molecule has 1 heterocycles. The third-order valence-electron chi connectivity index (χ3n) is 2.37. The highest BCUT2D eigenvalue weighted by molar-refractivity contribution is 7.99. The summed E-state index contributed by atoms with van der Waals surface area (Å²) in [6.45, 7) is 0. The maximum atomic E-state index is 11.6. The normalized spacial score (nSPS) is 9.68. The summed E-state index contributed by atoms with van der Waals surface area (Å²) < 4.78 is 4.74. The maximum absolute atomic E-state index is 11.6. The van der Waals surface area contributed by atoms with Crippen LogP contribution in [0.5, 0.6) is 0 Å². The van der Waals surface area contributed by atoms with Crippen molar-refractivity contribution in [3.8, 4) is 6.07 Å². The average Bonchev–Trinajstić information content (AvgIpc) is 2.47. The zero-order chi connectivity index (χ0) is 13.7. The lowest BCUT2D eigenvalue weighted by Gasteiger charge is -2.07. The van der Waals surface area contributed by atoms with Gasteiger partial charge in [0.15, 0.2) is 0 Å². The van der Waals surface area contributed by atoms with Crippen LogP contribution >= 0.6 is 11.8 Å². The van der Waals surface area contributed by atoms with Crippen molar-refractivity contribution in [1.82, 2.24) is 4.98 Å². The van der Waals surface area contributed by atoms with E-state index in [0.29, 0.717) is 11.3 Å². The van der Waals surface area contributed by atoms with Gasteiger partial charge < -0.3 is 4.74 Å². The van der Waals surface area contributed by atoms with Crippen LogP contribution in [0.1, 0.15) is 16.1 Å². The highest BCUT2D eigenvalue weighted by atomic mass is 32.2. The van der Waals surface area contributed by atoms with Crippen LogP contribution in [0.15, 0.2) is 52.4 Å². The van der Waals surface area contributed by atoms with Gasteiger partial charge in [0.25, 0.3) is 0 Å². The number of nitrogens with zero attached hydrogens (tertiary/aromatic N) is 2. The van der Waals surface area contributed by atoms with Crippen LogP contribution in [0.25, 0.3) is 0 Å². The summed E-state index contributed by atoms with van der Waals surface area (Å²) >= 11 is 1.40. The molecule has 0 spiro atoms. The fourth-order valence-electron chi connectivity index (χ4n) is 1.50. The van der Waals surface area contributed by atoms with E-state index in [1.54, 1.807) is 30.5 Å². The molecule has 4 nitrogen and oxygen atoms in total. The number of nitriles is 1. The van der Waals surface area contributed by atoms with Crippen LogP contribution in [0, 0.1) is 11.3 Å². The number of carbonyl (C=O) groups excluding carboxylic acids is 1. The third kappa shape index (κ3) is 3.12. The minimum atomic E-state index is -0.377. The Kier molecular flexibility index (Phi) is 4.16. The van der Waals surface area contributed by atoms with Crippen LogP contribution in [-0.4, -0.2) is 18.1 Å². The third-order valence-corrected chi connectivity index (χ3v) is 3.43. The van der Waals surface area contributed by atoms with Gasteiger partial charge in [-0.25, -0.2) is 9.78 Å². The molecule has 0 unspecified atom stereocenters. The molecule has 0 radical (unpaired) electrons. The second kappa shape index (κ2) is 6.03. The fourth-order valence-corrected chi connectivity index (χ4v) is 2.46. The minimum Gasteiger partial charge on any atom is -0.465 e. The van der Waals surface area contributed by atoms with Gasteiger partial charge in [0.1, 0.15) is 11.8 Å². The lowest BCUT2D eigenvalue weighted by atomic mass is 10.2. The Morgan fingerprint density at radius 1 is 1.37 bits per heavy atom. The molecule has 5 heteroatoms. The second-order valence-electron chi connectivity index (χ2n) is 3.58. The molecule has 0 bridgehead atoms. The first-order valence-corrected chi connectivity index (χ1v) is 6.27. The highest BCUT2D eigenvalue weighted by Gasteiger charge is 2.12. The van der Waals surface area contributed by atoms with Crippen LogP contribution in [0.2, 0.25) is 0 Å². The van der Waals surface area contributed by atoms with Crippen molar-refractivity contribution < 1.29 is 9.53 Å². The first kappa shape index (κ1) is 13.1. The van der Waals surface area contributed by atoms with Crippen molar-refractivity contribution in [2.24, 2.45) is 0 Å². The van der Waals surface area contributed by atoms with Gasteiger partial charge in [0, 0.05) is 16.0 Å². The number of hydrogen-bond donors (Lipinski definition) is 0. The van der Waals surface area contributed by atoms with Gasteiger partial charge in [0.05, 0.1) is 12.7 Å². The predicted molar refractivity (Wildman–Crippen MR) is 70.9 cm³/mol. The molecule has 19 heavy (non-hydrogen) atoms. The smallest absolute Gasteiger partial charge is 0.339 e. The van der Waals surface area contributed by atoms with E-state index in [4.69, 9.17) is 10.00 Å². The first-order chi connectivity index (χ1) is 9.24. The summed E-state index contributed by atoms with van der Waals surface area (Å²) in [6.07, 6.45) is 1.57. The SMILES string of the molecule is COC(=O)c1ccccc1Sc1ccnc(C#N)c1. The van der Waals surface area contributed by atoms with Gasteiger partial charge in [-0.1, -0.05) is 23.9 Å². The highest BCUT2D eigenvalue weighted by Crippen LogP contribution is 2.30. The number of aromatic nitrogens is 1. The number of esters is 1. The van der Waals surface area contributed by atoms with Crippen molar-refractivity contribution in [3.05, 3.63) is 53.9 Å². The van der Waals surface area contributed by atoms with Crippen LogP contribution < -0.4 is 0 Å². The molecule has 1 aromatic heterocycles. The standard InChI is InChI=1S/C14H10N2O2S/c1-18-14(17)12-4-2-3-5-13(12)19-11-6-7-16-10(8-11)9-15/h2-8H,1H3. The largest absolute Gasteiger partial charge is 0.465 e. The number of ether oxygens (including phenoxy) is 1. The van der Waals surface area contributed by atoms with Crippen LogP contribution in [0.3, 0.4) is 0 Å². The molecule has 1 aromatic carbocycles. The molecule has 2 rings (SSSR count). The number of hydrogen-bond acceptors (Lipinski definition) is 5. The molecule has 2 aromatic rings. The molecule has 0 atom stereocenters. The van der Waals surface area contributed by atoms with E-state index < -0.39 is 0 Å². The van der Waals surface area contributed by atoms with Gasteiger partial charge in [-0.2, -0.15) is 5.26 Å². The molecule has 0 aliphatic heterocycles. The number of pyridine rings is 1. The van der Waals surface area contributed by atoms with Gasteiger partial charge in [-0.3, -0.25) is 0 Å². The summed E-state index contributed by atoms with van der Waals surface area (Å²) in [5.74, 6) is -0.377. The van der Waals surface area contributed by atoms with E-state index >= 15 is 0 Å². The Hall–Kier alpha value is -2.32. The van der Waals surface area contributed by atoms with Gasteiger partial charge >= 0.3 is 5.97 Å². The molecular formula is C14H10N2O2S. The van der Waals surface area contributed by atoms with Crippen molar-refractivity contribution >= 4 is 17.7 Å². The van der Waals surface area contributed by atoms with Gasteiger partial charge in [0.2, 0.25) is 0 Å². The van der Waals surface area contributed by atoms with E-state index in [-0.39, 0.29) is 5.97 Å². The zero-order valence-electron chi connectivity index (χ0n) is 10.2. The van der Waals surface area contributed by atoms with Crippen molar-refractivity contribution in [1.29, 1.82) is 5.26 Å². The average molecular weight is 270 g/mol. The molecule has 0 fully saturated rings. The summed E-state index contributed by atoms with van der Waals surface area (Å²) in [5.41, 5.74) is 0.853. The predicted octanol–water partition coefficient (Wildman–Crippen LogP) is 2.89. The van der Waals surface area contributed by atoms with Crippen LogP contribution in [-0.2, 0) is 4.74 Å². The minimum absolute atomic E-state index is 0.348. The quantitative estimate of drug-likeness (QED) is 0.802. The molecule has 0 N–H and O–H groups in total. The van der Waals surface area contributed by atoms with Crippen molar-refractivity contribution in [2.45, 2.75) is 9.79 Å². The monoisotopic (exact) mass is 270 g/mol. The fraction of sp³-hybridized carbons (Fsp3) is 0.0714. The Morgan fingerprint density at radius 3 is 2.89 bits per heavy atom. The summed E-state index contributed by atoms with van der Waals surface area (Å²) in [5, 5.41) is 8.81. The summed E-state index contributed by atoms with van der Waals surface area (Å²) in [6, 6.07) is 12.6. The van der Waals surface area contributed by atoms with E-state index in [1.165, 1.54) is 18.9 Å². The number of rotatable bonds is 3. The topological polar surface area (TPSA) is 63.0 Å². The number of benzene rings is 1. The van der Waals surface area contributed by atoms with Gasteiger partial charge in [-0.05, 0) is 24.3 Å². The zero-order valence-corrected chi connectivity index (χ0v) is 11.0. The molecule has 0 aliphatic rings. The van der Waals surface area contributed by atoms with Gasteiger partial charge in [-0.15, -0.1) is 0 Å². The number of carbonyl (C=O) groups is 1. The molecular weight excluding hydrogens is 260 g/mol. The summed E-state index contributed by atoms with van der Waals surface area (Å²) in [7, 11) is 1.35. The lowest BCUT2D eigenvalue weighted by Crippen LogP contribution is -2.02. The molecule has 0 saturated heterocycles. The molecule has 94 valence electrons. The number of methoxy groups -OCH3 is 1.